The molecular formula is C10H17N5O2. The van der Waals surface area contributed by atoms with Crippen molar-refractivity contribution in [2.45, 2.75) is 0 Å². The number of aryl methyl sites for hydroxylation is 1. The Balaban J connectivity index is 1.69. The van der Waals surface area contributed by atoms with Gasteiger partial charge in [0.2, 0.25) is 0 Å². The van der Waals surface area contributed by atoms with Crippen molar-refractivity contribution in [2.75, 3.05) is 39.4 Å². The summed E-state index contributed by atoms with van der Waals surface area (Å²) in [5, 5.41) is 10.3. The molecule has 0 unspecified atom stereocenters. The highest BCUT2D eigenvalue weighted by Gasteiger charge is 2.12. The van der Waals surface area contributed by atoms with Crippen LogP contribution < -0.4 is 5.32 Å². The number of ether oxygens (including phenoxy) is 1. The van der Waals surface area contributed by atoms with Gasteiger partial charge in [0.15, 0.2) is 5.69 Å². The number of carbonyl (C=O) groups is 1. The average Bonchev–Trinajstić information content (AvgIpc) is 2.77. The quantitative estimate of drug-likeness (QED) is 0.720. The summed E-state index contributed by atoms with van der Waals surface area (Å²) in [6.45, 7) is 4.88. The van der Waals surface area contributed by atoms with Crippen LogP contribution in [0.2, 0.25) is 0 Å². The summed E-state index contributed by atoms with van der Waals surface area (Å²) in [5.74, 6) is -0.175. The minimum Gasteiger partial charge on any atom is -0.379 e. The summed E-state index contributed by atoms with van der Waals surface area (Å²) in [5.41, 5.74) is 0.356. The molecule has 1 saturated heterocycles. The molecule has 0 saturated carbocycles. The molecule has 17 heavy (non-hydrogen) atoms. The Morgan fingerprint density at radius 2 is 2.29 bits per heavy atom. The summed E-state index contributed by atoms with van der Waals surface area (Å²) in [6.07, 6.45) is 1.60. The minimum atomic E-state index is -0.175. The van der Waals surface area contributed by atoms with Crippen LogP contribution in [0.15, 0.2) is 6.20 Å². The van der Waals surface area contributed by atoms with E-state index in [1.165, 1.54) is 4.68 Å². The van der Waals surface area contributed by atoms with Crippen molar-refractivity contribution >= 4 is 5.91 Å². The van der Waals surface area contributed by atoms with Crippen LogP contribution in [-0.2, 0) is 11.8 Å². The van der Waals surface area contributed by atoms with Crippen molar-refractivity contribution in [3.05, 3.63) is 11.9 Å². The van der Waals surface area contributed by atoms with E-state index < -0.39 is 0 Å². The largest absolute Gasteiger partial charge is 0.379 e. The van der Waals surface area contributed by atoms with E-state index in [4.69, 9.17) is 4.74 Å². The Morgan fingerprint density at radius 3 is 2.94 bits per heavy atom. The molecule has 1 aromatic heterocycles. The van der Waals surface area contributed by atoms with Crippen LogP contribution in [-0.4, -0.2) is 65.2 Å². The Morgan fingerprint density at radius 1 is 1.53 bits per heavy atom. The lowest BCUT2D eigenvalue weighted by Gasteiger charge is -2.26. The molecule has 1 N–H and O–H groups in total. The lowest BCUT2D eigenvalue weighted by Crippen LogP contribution is -2.41. The van der Waals surface area contributed by atoms with E-state index in [1.54, 1.807) is 13.2 Å². The summed E-state index contributed by atoms with van der Waals surface area (Å²) in [7, 11) is 1.73. The molecule has 1 aliphatic heterocycles. The SMILES string of the molecule is Cn1cc(C(=O)NCCN2CCOCC2)nn1. The summed E-state index contributed by atoms with van der Waals surface area (Å²) < 4.78 is 6.76. The number of carbonyl (C=O) groups excluding carboxylic acids is 1. The molecule has 1 amide bonds. The van der Waals surface area contributed by atoms with Gasteiger partial charge in [-0.2, -0.15) is 0 Å². The molecule has 2 rings (SSSR count). The predicted octanol–water partition coefficient (Wildman–Crippen LogP) is -1.12. The Hall–Kier alpha value is -1.47. The van der Waals surface area contributed by atoms with Crippen molar-refractivity contribution in [2.24, 2.45) is 7.05 Å². The first kappa shape index (κ1) is 12.0. The highest BCUT2D eigenvalue weighted by molar-refractivity contribution is 5.91. The van der Waals surface area contributed by atoms with Gasteiger partial charge >= 0.3 is 0 Å². The van der Waals surface area contributed by atoms with Crippen LogP contribution in [0.4, 0.5) is 0 Å². The van der Waals surface area contributed by atoms with E-state index >= 15 is 0 Å². The third kappa shape index (κ3) is 3.50. The average molecular weight is 239 g/mol. The second-order valence-corrected chi connectivity index (χ2v) is 3.99. The minimum absolute atomic E-state index is 0.175. The molecule has 0 aromatic carbocycles. The molecular weight excluding hydrogens is 222 g/mol. The number of rotatable bonds is 4. The molecule has 0 radical (unpaired) electrons. The highest BCUT2D eigenvalue weighted by atomic mass is 16.5. The van der Waals surface area contributed by atoms with Crippen molar-refractivity contribution in [3.8, 4) is 0 Å². The lowest BCUT2D eigenvalue weighted by atomic mass is 10.4. The van der Waals surface area contributed by atoms with Gasteiger partial charge in [-0.05, 0) is 0 Å². The summed E-state index contributed by atoms with van der Waals surface area (Å²) >= 11 is 0. The summed E-state index contributed by atoms with van der Waals surface area (Å²) in [4.78, 5) is 13.9. The van der Waals surface area contributed by atoms with Gasteiger partial charge in [-0.1, -0.05) is 5.21 Å². The Bertz CT molecular complexity index is 373. The van der Waals surface area contributed by atoms with Crippen LogP contribution in [0.25, 0.3) is 0 Å². The van der Waals surface area contributed by atoms with Gasteiger partial charge in [0.1, 0.15) is 0 Å². The van der Waals surface area contributed by atoms with Gasteiger partial charge in [0.25, 0.3) is 5.91 Å². The molecule has 2 heterocycles. The molecule has 1 aromatic rings. The van der Waals surface area contributed by atoms with E-state index in [9.17, 15) is 4.79 Å². The first-order chi connectivity index (χ1) is 8.25. The van der Waals surface area contributed by atoms with Crippen molar-refractivity contribution < 1.29 is 9.53 Å². The van der Waals surface area contributed by atoms with Gasteiger partial charge in [0.05, 0.1) is 19.4 Å². The summed E-state index contributed by atoms with van der Waals surface area (Å²) in [6, 6.07) is 0. The number of nitrogens with one attached hydrogen (secondary N) is 1. The van der Waals surface area contributed by atoms with Crippen molar-refractivity contribution in [1.82, 2.24) is 25.2 Å². The standard InChI is InChI=1S/C10H17N5O2/c1-14-8-9(12-13-14)10(16)11-2-3-15-4-6-17-7-5-15/h8H,2-7H2,1H3,(H,11,16). The number of hydrogen-bond acceptors (Lipinski definition) is 5. The fourth-order valence-electron chi connectivity index (χ4n) is 1.69. The Labute approximate surface area is 99.7 Å². The predicted molar refractivity (Wildman–Crippen MR) is 60.6 cm³/mol. The zero-order chi connectivity index (χ0) is 12.1. The molecule has 1 aliphatic rings. The molecule has 0 atom stereocenters. The van der Waals surface area contributed by atoms with Crippen LogP contribution in [0.5, 0.6) is 0 Å². The van der Waals surface area contributed by atoms with E-state index in [0.717, 1.165) is 32.8 Å². The van der Waals surface area contributed by atoms with E-state index in [1.807, 2.05) is 0 Å². The molecule has 7 heteroatoms. The normalized spacial score (nSPS) is 17.0. The smallest absolute Gasteiger partial charge is 0.273 e. The molecule has 0 bridgehead atoms. The highest BCUT2D eigenvalue weighted by Crippen LogP contribution is 1.95. The maximum atomic E-state index is 11.6. The first-order valence-electron chi connectivity index (χ1n) is 5.70. The zero-order valence-corrected chi connectivity index (χ0v) is 9.93. The van der Waals surface area contributed by atoms with Gasteiger partial charge in [-0.15, -0.1) is 5.10 Å². The zero-order valence-electron chi connectivity index (χ0n) is 9.93. The van der Waals surface area contributed by atoms with E-state index in [2.05, 4.69) is 20.5 Å². The molecule has 0 aliphatic carbocycles. The van der Waals surface area contributed by atoms with Gasteiger partial charge < -0.3 is 10.1 Å². The second-order valence-electron chi connectivity index (χ2n) is 3.99. The van der Waals surface area contributed by atoms with Crippen LogP contribution in [0.3, 0.4) is 0 Å². The van der Waals surface area contributed by atoms with Gasteiger partial charge in [-0.3, -0.25) is 14.4 Å². The van der Waals surface area contributed by atoms with E-state index in [-0.39, 0.29) is 5.91 Å². The maximum absolute atomic E-state index is 11.6. The van der Waals surface area contributed by atoms with Crippen LogP contribution in [0.1, 0.15) is 10.5 Å². The number of nitrogens with zero attached hydrogens (tertiary/aromatic N) is 4. The van der Waals surface area contributed by atoms with Gasteiger partial charge in [-0.25, -0.2) is 0 Å². The monoisotopic (exact) mass is 239 g/mol. The fourth-order valence-corrected chi connectivity index (χ4v) is 1.69. The number of hydrogen-bond donors (Lipinski definition) is 1. The topological polar surface area (TPSA) is 72.3 Å². The first-order valence-corrected chi connectivity index (χ1v) is 5.70. The van der Waals surface area contributed by atoms with E-state index in [0.29, 0.717) is 12.2 Å². The molecule has 1 fully saturated rings. The van der Waals surface area contributed by atoms with Crippen molar-refractivity contribution in [1.29, 1.82) is 0 Å². The Kier molecular flexibility index (Phi) is 4.05. The molecule has 7 nitrogen and oxygen atoms in total. The fraction of sp³-hybridized carbons (Fsp3) is 0.700. The molecule has 94 valence electrons. The lowest BCUT2D eigenvalue weighted by molar-refractivity contribution is 0.0383. The maximum Gasteiger partial charge on any atom is 0.273 e. The third-order valence-corrected chi connectivity index (χ3v) is 2.65. The van der Waals surface area contributed by atoms with Gasteiger partial charge in [0, 0.05) is 33.2 Å². The van der Waals surface area contributed by atoms with Crippen molar-refractivity contribution in [3.63, 3.8) is 0 Å². The van der Waals surface area contributed by atoms with Crippen LogP contribution in [0, 0.1) is 0 Å². The number of amides is 1. The number of aromatic nitrogens is 3. The second kappa shape index (κ2) is 5.74. The van der Waals surface area contributed by atoms with Crippen LogP contribution >= 0.6 is 0 Å². The third-order valence-electron chi connectivity index (χ3n) is 2.65. The molecule has 0 spiro atoms. The number of morpholine rings is 1.